The molecule has 7 heteroatoms. The molecule has 0 bridgehead atoms. The molecule has 25 heavy (non-hydrogen) atoms. The summed E-state index contributed by atoms with van der Waals surface area (Å²) >= 11 is 3.36. The van der Waals surface area contributed by atoms with Crippen molar-refractivity contribution in [1.29, 1.82) is 0 Å². The number of rotatable bonds is 8. The summed E-state index contributed by atoms with van der Waals surface area (Å²) in [5.41, 5.74) is 4.14. The highest BCUT2D eigenvalue weighted by Crippen LogP contribution is 2.27. The fourth-order valence-electron chi connectivity index (χ4n) is 2.01. The van der Waals surface area contributed by atoms with E-state index >= 15 is 0 Å². The molecule has 0 aliphatic carbocycles. The number of hydrogen-bond donors (Lipinski definition) is 2. The van der Waals surface area contributed by atoms with Gasteiger partial charge >= 0.3 is 0 Å². The van der Waals surface area contributed by atoms with Crippen LogP contribution in [-0.4, -0.2) is 32.4 Å². The average molecular weight is 406 g/mol. The lowest BCUT2D eigenvalue weighted by atomic mass is 10.2. The molecular formula is C18H20BrN3O3. The number of carbonyl (C=O) groups is 1. The maximum Gasteiger partial charge on any atom is 0.259 e. The molecule has 2 rings (SSSR count). The third-order valence-corrected chi connectivity index (χ3v) is 3.72. The minimum Gasteiger partial charge on any atom is -0.493 e. The van der Waals surface area contributed by atoms with Crippen molar-refractivity contribution in [2.24, 2.45) is 5.10 Å². The molecule has 0 unspecified atom stereocenters. The van der Waals surface area contributed by atoms with Gasteiger partial charge in [-0.1, -0.05) is 15.9 Å². The summed E-state index contributed by atoms with van der Waals surface area (Å²) in [4.78, 5) is 11.8. The first-order chi connectivity index (χ1) is 12.1. The highest BCUT2D eigenvalue weighted by atomic mass is 79.9. The Hall–Kier alpha value is -2.54. The molecule has 132 valence electrons. The van der Waals surface area contributed by atoms with Crippen molar-refractivity contribution in [2.45, 2.75) is 6.92 Å². The number of hydrogen-bond acceptors (Lipinski definition) is 5. The van der Waals surface area contributed by atoms with Gasteiger partial charge in [0.05, 0.1) is 26.5 Å². The molecule has 0 saturated heterocycles. The molecule has 2 aromatic carbocycles. The minimum atomic E-state index is -0.238. The topological polar surface area (TPSA) is 72.0 Å². The zero-order chi connectivity index (χ0) is 18.1. The average Bonchev–Trinajstić information content (AvgIpc) is 2.62. The third-order valence-electron chi connectivity index (χ3n) is 3.19. The van der Waals surface area contributed by atoms with E-state index in [0.29, 0.717) is 18.1 Å². The summed E-state index contributed by atoms with van der Waals surface area (Å²) in [5, 5.41) is 6.97. The van der Waals surface area contributed by atoms with Crippen molar-refractivity contribution in [3.8, 4) is 11.5 Å². The second-order valence-electron chi connectivity index (χ2n) is 5.00. The van der Waals surface area contributed by atoms with Crippen molar-refractivity contribution in [3.05, 3.63) is 52.5 Å². The second kappa shape index (κ2) is 9.68. The van der Waals surface area contributed by atoms with Crippen molar-refractivity contribution >= 4 is 33.7 Å². The van der Waals surface area contributed by atoms with Crippen LogP contribution in [0.2, 0.25) is 0 Å². The fraction of sp³-hybridized carbons (Fsp3) is 0.222. The van der Waals surface area contributed by atoms with Gasteiger partial charge in [0.2, 0.25) is 0 Å². The van der Waals surface area contributed by atoms with Gasteiger partial charge in [0.25, 0.3) is 5.91 Å². The van der Waals surface area contributed by atoms with E-state index in [-0.39, 0.29) is 12.5 Å². The lowest BCUT2D eigenvalue weighted by molar-refractivity contribution is -0.119. The van der Waals surface area contributed by atoms with Gasteiger partial charge in [-0.2, -0.15) is 5.10 Å². The Kier molecular flexibility index (Phi) is 7.28. The highest BCUT2D eigenvalue weighted by molar-refractivity contribution is 9.10. The standard InChI is InChI=1S/C18H20BrN3O3/c1-3-25-17-10-13(4-9-16(17)24-2)11-21-22-18(23)12-20-15-7-5-14(19)6-8-15/h4-11,20H,3,12H2,1-2H3,(H,22,23)/b21-11-. The van der Waals surface area contributed by atoms with E-state index in [1.54, 1.807) is 25.5 Å². The molecule has 0 heterocycles. The lowest BCUT2D eigenvalue weighted by Crippen LogP contribution is -2.25. The zero-order valence-electron chi connectivity index (χ0n) is 14.1. The molecule has 0 aliphatic heterocycles. The summed E-state index contributed by atoms with van der Waals surface area (Å²) in [7, 11) is 1.59. The van der Waals surface area contributed by atoms with Crippen molar-refractivity contribution in [2.75, 3.05) is 25.6 Å². The lowest BCUT2D eigenvalue weighted by Gasteiger charge is -2.09. The first kappa shape index (κ1) is 18.8. The normalized spacial score (nSPS) is 10.5. The summed E-state index contributed by atoms with van der Waals surface area (Å²) in [6.07, 6.45) is 1.56. The van der Waals surface area contributed by atoms with Crippen LogP contribution >= 0.6 is 15.9 Å². The second-order valence-corrected chi connectivity index (χ2v) is 5.91. The van der Waals surface area contributed by atoms with Crippen LogP contribution in [0.25, 0.3) is 0 Å². The van der Waals surface area contributed by atoms with E-state index in [9.17, 15) is 4.79 Å². The van der Waals surface area contributed by atoms with Crippen molar-refractivity contribution < 1.29 is 14.3 Å². The molecule has 0 aliphatic rings. The molecule has 0 aromatic heterocycles. The van der Waals surface area contributed by atoms with Crippen LogP contribution in [0.1, 0.15) is 12.5 Å². The molecule has 6 nitrogen and oxygen atoms in total. The van der Waals surface area contributed by atoms with E-state index in [2.05, 4.69) is 31.8 Å². The van der Waals surface area contributed by atoms with E-state index in [1.807, 2.05) is 37.3 Å². The molecule has 2 aromatic rings. The first-order valence-corrected chi connectivity index (χ1v) is 8.54. The van der Waals surface area contributed by atoms with Gasteiger partial charge in [-0.25, -0.2) is 5.43 Å². The van der Waals surface area contributed by atoms with Crippen LogP contribution in [0.3, 0.4) is 0 Å². The van der Waals surface area contributed by atoms with Crippen LogP contribution in [0.15, 0.2) is 52.0 Å². The quantitative estimate of drug-likeness (QED) is 0.521. The molecular weight excluding hydrogens is 386 g/mol. The third kappa shape index (κ3) is 6.11. The van der Waals surface area contributed by atoms with Crippen molar-refractivity contribution in [1.82, 2.24) is 5.43 Å². The van der Waals surface area contributed by atoms with Crippen LogP contribution in [0.4, 0.5) is 5.69 Å². The first-order valence-electron chi connectivity index (χ1n) is 7.74. The number of ether oxygens (including phenoxy) is 2. The SMILES string of the molecule is CCOc1cc(/C=N\NC(=O)CNc2ccc(Br)cc2)ccc1OC. The van der Waals surface area contributed by atoms with Gasteiger partial charge in [0.1, 0.15) is 0 Å². The fourth-order valence-corrected chi connectivity index (χ4v) is 2.27. The van der Waals surface area contributed by atoms with Gasteiger partial charge in [-0.05, 0) is 55.0 Å². The molecule has 2 N–H and O–H groups in total. The number of nitrogens with zero attached hydrogens (tertiary/aromatic N) is 1. The van der Waals surface area contributed by atoms with Gasteiger partial charge in [0.15, 0.2) is 11.5 Å². The number of halogens is 1. The van der Waals surface area contributed by atoms with E-state index in [4.69, 9.17) is 9.47 Å². The number of amides is 1. The molecule has 0 atom stereocenters. The predicted octanol–water partition coefficient (Wildman–Crippen LogP) is 3.42. The Bertz CT molecular complexity index is 733. The Morgan fingerprint density at radius 3 is 2.64 bits per heavy atom. The Morgan fingerprint density at radius 1 is 1.20 bits per heavy atom. The smallest absolute Gasteiger partial charge is 0.259 e. The van der Waals surface area contributed by atoms with E-state index in [0.717, 1.165) is 15.7 Å². The minimum absolute atomic E-state index is 0.131. The molecule has 0 spiro atoms. The predicted molar refractivity (Wildman–Crippen MR) is 103 cm³/mol. The van der Waals surface area contributed by atoms with Gasteiger partial charge < -0.3 is 14.8 Å². The van der Waals surface area contributed by atoms with Crippen molar-refractivity contribution in [3.63, 3.8) is 0 Å². The number of anilines is 1. The van der Waals surface area contributed by atoms with Crippen LogP contribution in [-0.2, 0) is 4.79 Å². The monoisotopic (exact) mass is 405 g/mol. The largest absolute Gasteiger partial charge is 0.493 e. The number of hydrazone groups is 1. The summed E-state index contributed by atoms with van der Waals surface area (Å²) in [6, 6.07) is 13.0. The highest BCUT2D eigenvalue weighted by Gasteiger charge is 2.04. The Labute approximate surface area is 155 Å². The summed E-state index contributed by atoms with van der Waals surface area (Å²) in [6.45, 7) is 2.57. The zero-order valence-corrected chi connectivity index (χ0v) is 15.7. The van der Waals surface area contributed by atoms with Gasteiger partial charge in [-0.15, -0.1) is 0 Å². The number of benzene rings is 2. The van der Waals surface area contributed by atoms with Crippen LogP contribution < -0.4 is 20.2 Å². The van der Waals surface area contributed by atoms with Gasteiger partial charge in [-0.3, -0.25) is 4.79 Å². The van der Waals surface area contributed by atoms with E-state index in [1.165, 1.54) is 0 Å². The van der Waals surface area contributed by atoms with Crippen LogP contribution in [0, 0.1) is 0 Å². The molecule has 0 saturated carbocycles. The van der Waals surface area contributed by atoms with E-state index < -0.39 is 0 Å². The summed E-state index contributed by atoms with van der Waals surface area (Å²) in [5.74, 6) is 1.05. The molecule has 0 radical (unpaired) electrons. The van der Waals surface area contributed by atoms with Crippen LogP contribution in [0.5, 0.6) is 11.5 Å². The number of nitrogens with one attached hydrogen (secondary N) is 2. The maximum atomic E-state index is 11.8. The molecule has 0 fully saturated rings. The van der Waals surface area contributed by atoms with Gasteiger partial charge in [0, 0.05) is 10.2 Å². The Morgan fingerprint density at radius 2 is 1.96 bits per heavy atom. The Balaban J connectivity index is 1.86. The number of methoxy groups -OCH3 is 1. The molecule has 1 amide bonds. The maximum absolute atomic E-state index is 11.8. The number of carbonyl (C=O) groups excluding carboxylic acids is 1. The summed E-state index contributed by atoms with van der Waals surface area (Å²) < 4.78 is 11.7.